The van der Waals surface area contributed by atoms with Gasteiger partial charge in [-0.2, -0.15) is 5.26 Å². The Labute approximate surface area is 122 Å². The summed E-state index contributed by atoms with van der Waals surface area (Å²) in [7, 11) is 0. The fourth-order valence-electron chi connectivity index (χ4n) is 2.85. The van der Waals surface area contributed by atoms with Crippen molar-refractivity contribution in [3.05, 3.63) is 0 Å². The lowest BCUT2D eigenvalue weighted by molar-refractivity contribution is 0.0652. The number of nitrogens with one attached hydrogen (secondary N) is 1. The minimum absolute atomic E-state index is 0.205. The Kier molecular flexibility index (Phi) is 8.08. The van der Waals surface area contributed by atoms with E-state index in [-0.39, 0.29) is 18.6 Å². The molecule has 0 bridgehead atoms. The second kappa shape index (κ2) is 9.30. The molecule has 0 aromatic heterocycles. The zero-order valence-corrected chi connectivity index (χ0v) is 12.8. The monoisotopic (exact) mass is 283 g/mol. The Morgan fingerprint density at radius 1 is 1.40 bits per heavy atom. The summed E-state index contributed by atoms with van der Waals surface area (Å²) in [4.78, 5) is 2.16. The summed E-state index contributed by atoms with van der Waals surface area (Å²) in [6.45, 7) is 7.32. The van der Waals surface area contributed by atoms with Crippen molar-refractivity contribution in [2.45, 2.75) is 45.3 Å². The van der Waals surface area contributed by atoms with Crippen LogP contribution in [0.5, 0.6) is 0 Å². The molecule has 1 saturated heterocycles. The molecule has 1 fully saturated rings. The number of nitrogens with zero attached hydrogens (tertiary/aromatic N) is 2. The molecule has 5 heteroatoms. The number of nitriles is 1. The van der Waals surface area contributed by atoms with Crippen LogP contribution < -0.4 is 5.32 Å². The maximum absolute atomic E-state index is 10.1. The maximum Gasteiger partial charge on any atom is 0.0866 e. The van der Waals surface area contributed by atoms with Crippen LogP contribution in [0.4, 0.5) is 0 Å². The van der Waals surface area contributed by atoms with Gasteiger partial charge in [-0.3, -0.25) is 4.90 Å². The molecule has 0 saturated carbocycles. The molecule has 20 heavy (non-hydrogen) atoms. The fraction of sp³-hybridized carbons (Fsp3) is 0.933. The highest BCUT2D eigenvalue weighted by molar-refractivity contribution is 4.88. The van der Waals surface area contributed by atoms with Crippen molar-refractivity contribution in [2.75, 3.05) is 32.8 Å². The lowest BCUT2D eigenvalue weighted by atomic mass is 9.86. The Balaban J connectivity index is 2.49. The number of rotatable bonds is 8. The molecule has 1 aliphatic heterocycles. The Bertz CT molecular complexity index is 304. The van der Waals surface area contributed by atoms with Gasteiger partial charge >= 0.3 is 0 Å². The first kappa shape index (κ1) is 17.4. The third-order valence-electron chi connectivity index (χ3n) is 4.02. The van der Waals surface area contributed by atoms with Gasteiger partial charge in [0.2, 0.25) is 0 Å². The standard InChI is InChI=1S/C15H29N3O2/c1-12(2)15(20)9-13-8-14(17-5-3-7-19)11-18(10-13)6-4-16/h12-15,17,19-20H,3,5-11H2,1-2H3. The van der Waals surface area contributed by atoms with Gasteiger partial charge in [0.05, 0.1) is 18.7 Å². The molecule has 116 valence electrons. The van der Waals surface area contributed by atoms with Crippen LogP contribution in [0.25, 0.3) is 0 Å². The van der Waals surface area contributed by atoms with Crippen molar-refractivity contribution in [3.8, 4) is 6.07 Å². The molecular formula is C15H29N3O2. The highest BCUT2D eigenvalue weighted by Gasteiger charge is 2.28. The van der Waals surface area contributed by atoms with Crippen LogP contribution in [0.3, 0.4) is 0 Å². The molecule has 0 aliphatic carbocycles. The van der Waals surface area contributed by atoms with Crippen LogP contribution in [0.2, 0.25) is 0 Å². The molecule has 1 aliphatic rings. The minimum Gasteiger partial charge on any atom is -0.396 e. The Morgan fingerprint density at radius 3 is 2.75 bits per heavy atom. The third-order valence-corrected chi connectivity index (χ3v) is 4.02. The quantitative estimate of drug-likeness (QED) is 0.448. The van der Waals surface area contributed by atoms with Gasteiger partial charge in [0.25, 0.3) is 0 Å². The van der Waals surface area contributed by atoms with Crippen LogP contribution in [0.15, 0.2) is 0 Å². The molecule has 0 spiro atoms. The van der Waals surface area contributed by atoms with Gasteiger partial charge < -0.3 is 15.5 Å². The molecule has 0 amide bonds. The number of hydrogen-bond donors (Lipinski definition) is 3. The van der Waals surface area contributed by atoms with Crippen molar-refractivity contribution in [2.24, 2.45) is 11.8 Å². The molecule has 0 aromatic rings. The van der Waals surface area contributed by atoms with Gasteiger partial charge in [0.1, 0.15) is 0 Å². The van der Waals surface area contributed by atoms with Gasteiger partial charge in [-0.15, -0.1) is 0 Å². The van der Waals surface area contributed by atoms with Gasteiger partial charge in [0, 0.05) is 25.7 Å². The third kappa shape index (κ3) is 6.19. The fourth-order valence-corrected chi connectivity index (χ4v) is 2.85. The predicted molar refractivity (Wildman–Crippen MR) is 79.1 cm³/mol. The average Bonchev–Trinajstić information content (AvgIpc) is 2.39. The van der Waals surface area contributed by atoms with Crippen molar-refractivity contribution < 1.29 is 10.2 Å². The van der Waals surface area contributed by atoms with Crippen molar-refractivity contribution in [1.82, 2.24) is 10.2 Å². The van der Waals surface area contributed by atoms with Crippen molar-refractivity contribution in [3.63, 3.8) is 0 Å². The van der Waals surface area contributed by atoms with Crippen molar-refractivity contribution in [1.29, 1.82) is 5.26 Å². The van der Waals surface area contributed by atoms with Crippen molar-refractivity contribution >= 4 is 0 Å². The molecule has 3 N–H and O–H groups in total. The van der Waals surface area contributed by atoms with E-state index in [2.05, 4.69) is 16.3 Å². The van der Waals surface area contributed by atoms with Gasteiger partial charge in [0.15, 0.2) is 0 Å². The lowest BCUT2D eigenvalue weighted by Gasteiger charge is -2.38. The van der Waals surface area contributed by atoms with Gasteiger partial charge in [-0.05, 0) is 37.6 Å². The lowest BCUT2D eigenvalue weighted by Crippen LogP contribution is -2.50. The molecule has 3 atom stereocenters. The number of hydrogen-bond acceptors (Lipinski definition) is 5. The van der Waals surface area contributed by atoms with E-state index in [4.69, 9.17) is 10.4 Å². The number of aliphatic hydroxyl groups is 2. The average molecular weight is 283 g/mol. The summed E-state index contributed by atoms with van der Waals surface area (Å²) in [6, 6.07) is 2.57. The van der Waals surface area contributed by atoms with E-state index in [1.54, 1.807) is 0 Å². The summed E-state index contributed by atoms with van der Waals surface area (Å²) in [5, 5.41) is 31.2. The first-order valence-electron chi connectivity index (χ1n) is 7.68. The molecule has 3 unspecified atom stereocenters. The first-order valence-corrected chi connectivity index (χ1v) is 7.68. The summed E-state index contributed by atoms with van der Waals surface area (Å²) < 4.78 is 0. The SMILES string of the molecule is CC(C)C(O)CC1CC(NCCCO)CN(CC#N)C1. The van der Waals surface area contributed by atoms with Gasteiger partial charge in [-0.1, -0.05) is 13.8 Å². The maximum atomic E-state index is 10.1. The predicted octanol–water partition coefficient (Wildman–Crippen LogP) is 0.579. The van der Waals surface area contributed by atoms with Crippen LogP contribution in [0, 0.1) is 23.2 Å². The molecule has 1 heterocycles. The highest BCUT2D eigenvalue weighted by atomic mass is 16.3. The van der Waals surface area contributed by atoms with E-state index in [0.717, 1.165) is 38.9 Å². The summed E-state index contributed by atoms with van der Waals surface area (Å²) >= 11 is 0. The highest BCUT2D eigenvalue weighted by Crippen LogP contribution is 2.23. The number of aliphatic hydroxyl groups excluding tert-OH is 2. The first-order chi connectivity index (χ1) is 9.56. The molecule has 0 radical (unpaired) electrons. The normalized spacial score (nSPS) is 25.6. The zero-order valence-electron chi connectivity index (χ0n) is 12.8. The van der Waals surface area contributed by atoms with Crippen LogP contribution >= 0.6 is 0 Å². The summed E-state index contributed by atoms with van der Waals surface area (Å²) in [5.74, 6) is 0.711. The molecule has 5 nitrogen and oxygen atoms in total. The van der Waals surface area contributed by atoms with Crippen LogP contribution in [0.1, 0.15) is 33.1 Å². The largest absolute Gasteiger partial charge is 0.396 e. The molecular weight excluding hydrogens is 254 g/mol. The Morgan fingerprint density at radius 2 is 2.15 bits per heavy atom. The zero-order chi connectivity index (χ0) is 15.0. The number of likely N-dealkylation sites (tertiary alicyclic amines) is 1. The molecule has 0 aromatic carbocycles. The smallest absolute Gasteiger partial charge is 0.0866 e. The van der Waals surface area contributed by atoms with E-state index in [9.17, 15) is 5.11 Å². The summed E-state index contributed by atoms with van der Waals surface area (Å²) in [6.07, 6.45) is 2.34. The van der Waals surface area contributed by atoms with Crippen LogP contribution in [-0.4, -0.2) is 60.0 Å². The summed E-state index contributed by atoms with van der Waals surface area (Å²) in [5.41, 5.74) is 0. The topological polar surface area (TPSA) is 79.5 Å². The van der Waals surface area contributed by atoms with E-state index >= 15 is 0 Å². The number of piperidine rings is 1. The molecule has 1 rings (SSSR count). The van der Waals surface area contributed by atoms with E-state index in [0.29, 0.717) is 18.5 Å². The van der Waals surface area contributed by atoms with E-state index in [1.165, 1.54) is 0 Å². The van der Waals surface area contributed by atoms with Gasteiger partial charge in [-0.25, -0.2) is 0 Å². The Hall–Kier alpha value is -0.670. The second-order valence-electron chi connectivity index (χ2n) is 6.23. The van der Waals surface area contributed by atoms with E-state index in [1.807, 2.05) is 13.8 Å². The van der Waals surface area contributed by atoms with Crippen LogP contribution in [-0.2, 0) is 0 Å². The second-order valence-corrected chi connectivity index (χ2v) is 6.23. The minimum atomic E-state index is -0.264. The van der Waals surface area contributed by atoms with E-state index < -0.39 is 0 Å².